The van der Waals surface area contributed by atoms with Crippen molar-refractivity contribution in [3.63, 3.8) is 0 Å². The van der Waals surface area contributed by atoms with E-state index >= 15 is 0 Å². The van der Waals surface area contributed by atoms with Crippen LogP contribution in [-0.4, -0.2) is 66.3 Å². The van der Waals surface area contributed by atoms with Crippen LogP contribution in [0.1, 0.15) is 26.7 Å². The van der Waals surface area contributed by atoms with Crippen molar-refractivity contribution in [2.24, 2.45) is 0 Å². The number of hydrogen-bond acceptors (Lipinski definition) is 5. The Morgan fingerprint density at radius 1 is 1.24 bits per heavy atom. The van der Waals surface area contributed by atoms with Crippen molar-refractivity contribution in [1.29, 1.82) is 0 Å². The maximum Gasteiger partial charge on any atom is 0.241 e. The highest BCUT2D eigenvalue weighted by atomic mass is 16.6. The van der Waals surface area contributed by atoms with Gasteiger partial charge in [-0.2, -0.15) is 0 Å². The molecule has 0 radical (unpaired) electrons. The fourth-order valence-corrected chi connectivity index (χ4v) is 4.34. The number of ether oxygens (including phenoxy) is 2. The van der Waals surface area contributed by atoms with Gasteiger partial charge in [-0.3, -0.25) is 14.6 Å². The lowest BCUT2D eigenvalue weighted by Gasteiger charge is -2.44. The summed E-state index contributed by atoms with van der Waals surface area (Å²) in [7, 11) is 0. The molecule has 1 aromatic carbocycles. The van der Waals surface area contributed by atoms with Crippen LogP contribution in [0.3, 0.4) is 0 Å². The zero-order valence-electron chi connectivity index (χ0n) is 15.0. The number of hydrogen-bond donors (Lipinski definition) is 1. The Bertz CT molecular complexity index is 641. The van der Waals surface area contributed by atoms with E-state index in [0.29, 0.717) is 19.3 Å². The quantitative estimate of drug-likeness (QED) is 0.899. The molecule has 4 rings (SSSR count). The fraction of sp³-hybridized carbons (Fsp3) is 0.632. The van der Waals surface area contributed by atoms with Crippen LogP contribution < -0.4 is 14.8 Å². The van der Waals surface area contributed by atoms with Gasteiger partial charge in [0, 0.05) is 25.7 Å². The van der Waals surface area contributed by atoms with Crippen LogP contribution in [0.25, 0.3) is 0 Å². The van der Waals surface area contributed by atoms with Gasteiger partial charge in [0.1, 0.15) is 18.2 Å². The number of para-hydroxylation sites is 2. The van der Waals surface area contributed by atoms with Gasteiger partial charge >= 0.3 is 0 Å². The summed E-state index contributed by atoms with van der Waals surface area (Å²) < 4.78 is 11.9. The number of fused-ring (bicyclic) bond motifs is 1. The molecule has 2 fully saturated rings. The van der Waals surface area contributed by atoms with E-state index < -0.39 is 0 Å². The van der Waals surface area contributed by atoms with E-state index in [0.717, 1.165) is 44.0 Å². The number of carbonyl (C=O) groups excluding carboxylic acids is 1. The molecule has 136 valence electrons. The summed E-state index contributed by atoms with van der Waals surface area (Å²) >= 11 is 0. The molecule has 0 unspecified atom stereocenters. The normalized spacial score (nSPS) is 26.2. The second-order valence-corrected chi connectivity index (χ2v) is 7.56. The van der Waals surface area contributed by atoms with E-state index in [2.05, 4.69) is 29.0 Å². The van der Waals surface area contributed by atoms with Crippen LogP contribution in [0.4, 0.5) is 0 Å². The molecule has 0 aromatic heterocycles. The van der Waals surface area contributed by atoms with Gasteiger partial charge in [0.25, 0.3) is 0 Å². The van der Waals surface area contributed by atoms with Gasteiger partial charge in [0.05, 0.1) is 6.67 Å². The van der Waals surface area contributed by atoms with Crippen LogP contribution in [0.15, 0.2) is 24.3 Å². The average Bonchev–Trinajstić information content (AvgIpc) is 2.93. The highest BCUT2D eigenvalue weighted by molar-refractivity contribution is 5.88. The molecular formula is C19H27N3O3. The van der Waals surface area contributed by atoms with Crippen molar-refractivity contribution in [2.45, 2.75) is 44.4 Å². The molecule has 0 bridgehead atoms. The molecule has 25 heavy (non-hydrogen) atoms. The number of piperidine rings is 1. The number of carbonyl (C=O) groups is 1. The molecule has 6 heteroatoms. The molecule has 3 aliphatic rings. The Kier molecular flexibility index (Phi) is 4.33. The van der Waals surface area contributed by atoms with Crippen molar-refractivity contribution in [3.05, 3.63) is 24.3 Å². The van der Waals surface area contributed by atoms with E-state index in [9.17, 15) is 4.79 Å². The third-order valence-electron chi connectivity index (χ3n) is 5.72. The van der Waals surface area contributed by atoms with Gasteiger partial charge in [-0.1, -0.05) is 12.1 Å². The molecule has 3 aliphatic heterocycles. The summed E-state index contributed by atoms with van der Waals surface area (Å²) in [6, 6.07) is 8.19. The minimum Gasteiger partial charge on any atom is -0.486 e. The summed E-state index contributed by atoms with van der Waals surface area (Å²) in [5, 5.41) is 3.04. The first-order valence-corrected chi connectivity index (χ1v) is 9.24. The molecule has 1 atom stereocenters. The molecular weight excluding hydrogens is 318 g/mol. The first kappa shape index (κ1) is 16.7. The summed E-state index contributed by atoms with van der Waals surface area (Å²) in [6.45, 7) is 8.26. The maximum absolute atomic E-state index is 12.5. The predicted octanol–water partition coefficient (Wildman–Crippen LogP) is 1.46. The van der Waals surface area contributed by atoms with E-state index in [1.807, 2.05) is 24.3 Å². The van der Waals surface area contributed by atoms with Gasteiger partial charge in [0.2, 0.25) is 5.91 Å². The van der Waals surface area contributed by atoms with Crippen molar-refractivity contribution >= 4 is 5.91 Å². The van der Waals surface area contributed by atoms with E-state index in [-0.39, 0.29) is 17.6 Å². The Morgan fingerprint density at radius 3 is 2.68 bits per heavy atom. The Morgan fingerprint density at radius 2 is 1.96 bits per heavy atom. The van der Waals surface area contributed by atoms with Crippen LogP contribution in [-0.2, 0) is 4.79 Å². The van der Waals surface area contributed by atoms with Crippen LogP contribution >= 0.6 is 0 Å². The summed E-state index contributed by atoms with van der Waals surface area (Å²) in [4.78, 5) is 17.2. The average molecular weight is 345 g/mol. The molecule has 6 nitrogen and oxygen atoms in total. The number of likely N-dealkylation sites (tertiary alicyclic amines) is 1. The standard InChI is InChI=1S/C19H27N3O3/c1-14(2)22-13-20-18(23)19(22)7-9-21(10-8-19)11-15-12-24-16-5-3-4-6-17(16)25-15/h3-6,14-15H,7-13H2,1-2H3,(H,20,23)/t15-/m1/s1. The largest absolute Gasteiger partial charge is 0.486 e. The topological polar surface area (TPSA) is 54.0 Å². The van der Waals surface area contributed by atoms with E-state index in [1.54, 1.807) is 0 Å². The third-order valence-corrected chi connectivity index (χ3v) is 5.72. The molecule has 0 aliphatic carbocycles. The zero-order valence-corrected chi connectivity index (χ0v) is 15.0. The second kappa shape index (κ2) is 6.50. The Labute approximate surface area is 149 Å². The molecule has 1 N–H and O–H groups in total. The van der Waals surface area contributed by atoms with Gasteiger partial charge in [0.15, 0.2) is 11.5 Å². The zero-order chi connectivity index (χ0) is 17.4. The summed E-state index contributed by atoms with van der Waals surface area (Å²) in [6.07, 6.45) is 1.80. The predicted molar refractivity (Wildman–Crippen MR) is 94.7 cm³/mol. The van der Waals surface area contributed by atoms with Gasteiger partial charge < -0.3 is 14.8 Å². The number of nitrogens with one attached hydrogen (secondary N) is 1. The van der Waals surface area contributed by atoms with Crippen LogP contribution in [0.2, 0.25) is 0 Å². The fourth-order valence-electron chi connectivity index (χ4n) is 4.34. The highest BCUT2D eigenvalue weighted by Gasteiger charge is 2.51. The van der Waals surface area contributed by atoms with Crippen molar-refractivity contribution < 1.29 is 14.3 Å². The highest BCUT2D eigenvalue weighted by Crippen LogP contribution is 2.35. The smallest absolute Gasteiger partial charge is 0.241 e. The monoisotopic (exact) mass is 345 g/mol. The van der Waals surface area contributed by atoms with Gasteiger partial charge in [-0.25, -0.2) is 0 Å². The lowest BCUT2D eigenvalue weighted by Crippen LogP contribution is -2.58. The number of nitrogens with zero attached hydrogens (tertiary/aromatic N) is 2. The summed E-state index contributed by atoms with van der Waals surface area (Å²) in [5.41, 5.74) is -0.318. The van der Waals surface area contributed by atoms with E-state index in [1.165, 1.54) is 0 Å². The first-order valence-electron chi connectivity index (χ1n) is 9.24. The lowest BCUT2D eigenvalue weighted by molar-refractivity contribution is -0.130. The minimum atomic E-state index is -0.318. The van der Waals surface area contributed by atoms with E-state index in [4.69, 9.17) is 9.47 Å². The number of amides is 1. The van der Waals surface area contributed by atoms with Gasteiger partial charge in [-0.15, -0.1) is 0 Å². The Hall–Kier alpha value is -1.79. The van der Waals surface area contributed by atoms with Crippen LogP contribution in [0, 0.1) is 0 Å². The first-order chi connectivity index (χ1) is 12.1. The molecule has 0 saturated carbocycles. The summed E-state index contributed by atoms with van der Waals surface area (Å²) in [5.74, 6) is 1.85. The lowest BCUT2D eigenvalue weighted by atomic mass is 9.85. The second-order valence-electron chi connectivity index (χ2n) is 7.56. The van der Waals surface area contributed by atoms with Crippen molar-refractivity contribution in [3.8, 4) is 11.5 Å². The van der Waals surface area contributed by atoms with Gasteiger partial charge in [-0.05, 0) is 38.8 Å². The molecule has 1 aromatic rings. The number of benzene rings is 1. The molecule has 2 saturated heterocycles. The maximum atomic E-state index is 12.5. The third kappa shape index (κ3) is 2.98. The molecule has 1 spiro atoms. The van der Waals surface area contributed by atoms with Crippen LogP contribution in [0.5, 0.6) is 11.5 Å². The minimum absolute atomic E-state index is 0.0440. The van der Waals surface area contributed by atoms with Crippen molar-refractivity contribution in [2.75, 3.05) is 32.9 Å². The molecule has 1 amide bonds. The SMILES string of the molecule is CC(C)N1CNC(=O)C12CCN(C[C@@H]1COc3ccccc3O1)CC2. The Balaban J connectivity index is 1.36. The number of rotatable bonds is 3. The van der Waals surface area contributed by atoms with Crippen molar-refractivity contribution in [1.82, 2.24) is 15.1 Å². The molecule has 3 heterocycles.